The summed E-state index contributed by atoms with van der Waals surface area (Å²) in [5.74, 6) is 0. The highest BCUT2D eigenvalue weighted by atomic mass is 16.2. The molecule has 0 fully saturated rings. The molecule has 0 aliphatic heterocycles. The predicted molar refractivity (Wildman–Crippen MR) is 67.7 cm³/mol. The topological polar surface area (TPSA) is 57.3 Å². The smallest absolute Gasteiger partial charge is 0.316 e. The van der Waals surface area contributed by atoms with Crippen molar-refractivity contribution in [3.8, 4) is 0 Å². The standard InChI is InChI=1S/C12H20N4O/c1-10(11-4-6-13-7-5-11)14-8-9-15-12(17)16(2)3/h4-7,10,14H,8-9H2,1-3H3,(H,15,17). The molecule has 1 unspecified atom stereocenters. The van der Waals surface area contributed by atoms with Crippen LogP contribution in [-0.2, 0) is 0 Å². The van der Waals surface area contributed by atoms with Crippen molar-refractivity contribution in [3.05, 3.63) is 30.1 Å². The van der Waals surface area contributed by atoms with Crippen LogP contribution in [0.2, 0.25) is 0 Å². The molecule has 0 aliphatic rings. The highest BCUT2D eigenvalue weighted by Gasteiger charge is 2.04. The predicted octanol–water partition coefficient (Wildman–Crippen LogP) is 1.00. The minimum atomic E-state index is -0.0663. The van der Waals surface area contributed by atoms with Gasteiger partial charge >= 0.3 is 6.03 Å². The summed E-state index contributed by atoms with van der Waals surface area (Å²) in [6.07, 6.45) is 3.56. The summed E-state index contributed by atoms with van der Waals surface area (Å²) in [4.78, 5) is 16.7. The van der Waals surface area contributed by atoms with Crippen molar-refractivity contribution in [1.29, 1.82) is 0 Å². The molecule has 1 aromatic rings. The Morgan fingerprint density at radius 3 is 2.59 bits per heavy atom. The molecule has 94 valence electrons. The van der Waals surface area contributed by atoms with Gasteiger partial charge in [0.15, 0.2) is 0 Å². The van der Waals surface area contributed by atoms with E-state index in [2.05, 4.69) is 22.5 Å². The van der Waals surface area contributed by atoms with Crippen molar-refractivity contribution in [1.82, 2.24) is 20.5 Å². The lowest BCUT2D eigenvalue weighted by atomic mass is 10.1. The third-order valence-corrected chi connectivity index (χ3v) is 2.46. The first kappa shape index (κ1) is 13.4. The van der Waals surface area contributed by atoms with Crippen LogP contribution in [0.5, 0.6) is 0 Å². The van der Waals surface area contributed by atoms with E-state index in [1.54, 1.807) is 26.5 Å². The van der Waals surface area contributed by atoms with E-state index in [-0.39, 0.29) is 12.1 Å². The van der Waals surface area contributed by atoms with E-state index in [4.69, 9.17) is 0 Å². The average Bonchev–Trinajstić information content (AvgIpc) is 2.35. The lowest BCUT2D eigenvalue weighted by Crippen LogP contribution is -2.38. The molecule has 17 heavy (non-hydrogen) atoms. The maximum Gasteiger partial charge on any atom is 0.316 e. The van der Waals surface area contributed by atoms with Crippen molar-refractivity contribution in [2.75, 3.05) is 27.2 Å². The first-order valence-electron chi connectivity index (χ1n) is 5.69. The fourth-order valence-electron chi connectivity index (χ4n) is 1.39. The van der Waals surface area contributed by atoms with E-state index in [0.29, 0.717) is 6.54 Å². The molecule has 0 saturated carbocycles. The number of amides is 2. The molecule has 0 saturated heterocycles. The summed E-state index contributed by atoms with van der Waals surface area (Å²) in [6, 6.07) is 4.16. The molecule has 1 rings (SSSR count). The molecule has 5 nitrogen and oxygen atoms in total. The summed E-state index contributed by atoms with van der Waals surface area (Å²) in [5.41, 5.74) is 1.19. The van der Waals surface area contributed by atoms with Crippen LogP contribution in [0.1, 0.15) is 18.5 Å². The Bertz CT molecular complexity index is 340. The maximum absolute atomic E-state index is 11.2. The summed E-state index contributed by atoms with van der Waals surface area (Å²) in [5, 5.41) is 6.13. The van der Waals surface area contributed by atoms with Crippen LogP contribution in [0.3, 0.4) is 0 Å². The van der Waals surface area contributed by atoms with Gasteiger partial charge < -0.3 is 15.5 Å². The molecule has 2 amide bonds. The Morgan fingerprint density at radius 2 is 2.00 bits per heavy atom. The van der Waals surface area contributed by atoms with Gasteiger partial charge in [0.2, 0.25) is 0 Å². The second-order valence-corrected chi connectivity index (χ2v) is 4.08. The van der Waals surface area contributed by atoms with Crippen molar-refractivity contribution >= 4 is 6.03 Å². The number of nitrogens with zero attached hydrogens (tertiary/aromatic N) is 2. The minimum absolute atomic E-state index is 0.0663. The molecular weight excluding hydrogens is 216 g/mol. The van der Waals surface area contributed by atoms with Gasteiger partial charge in [0.25, 0.3) is 0 Å². The fraction of sp³-hybridized carbons (Fsp3) is 0.500. The van der Waals surface area contributed by atoms with E-state index in [1.165, 1.54) is 10.5 Å². The van der Waals surface area contributed by atoms with Gasteiger partial charge in [0, 0.05) is 45.6 Å². The number of rotatable bonds is 5. The van der Waals surface area contributed by atoms with Gasteiger partial charge in [-0.25, -0.2) is 4.79 Å². The van der Waals surface area contributed by atoms with Gasteiger partial charge in [0.05, 0.1) is 0 Å². The summed E-state index contributed by atoms with van der Waals surface area (Å²) < 4.78 is 0. The van der Waals surface area contributed by atoms with Crippen molar-refractivity contribution in [3.63, 3.8) is 0 Å². The van der Waals surface area contributed by atoms with E-state index in [9.17, 15) is 4.79 Å². The summed E-state index contributed by atoms with van der Waals surface area (Å²) >= 11 is 0. The van der Waals surface area contributed by atoms with Crippen molar-refractivity contribution < 1.29 is 4.79 Å². The molecule has 0 aliphatic carbocycles. The molecule has 0 spiro atoms. The molecule has 5 heteroatoms. The molecule has 1 aromatic heterocycles. The molecule has 1 atom stereocenters. The zero-order valence-electron chi connectivity index (χ0n) is 10.6. The number of nitrogens with one attached hydrogen (secondary N) is 2. The number of hydrogen-bond acceptors (Lipinski definition) is 3. The fourth-order valence-corrected chi connectivity index (χ4v) is 1.39. The number of urea groups is 1. The molecular formula is C12H20N4O. The van der Waals surface area contributed by atoms with Crippen LogP contribution in [0, 0.1) is 0 Å². The van der Waals surface area contributed by atoms with Gasteiger partial charge in [-0.3, -0.25) is 4.98 Å². The zero-order chi connectivity index (χ0) is 12.7. The van der Waals surface area contributed by atoms with E-state index in [0.717, 1.165) is 6.54 Å². The van der Waals surface area contributed by atoms with Crippen molar-refractivity contribution in [2.24, 2.45) is 0 Å². The highest BCUT2D eigenvalue weighted by Crippen LogP contribution is 2.08. The van der Waals surface area contributed by atoms with Crippen LogP contribution in [0.4, 0.5) is 4.79 Å². The molecule has 1 heterocycles. The quantitative estimate of drug-likeness (QED) is 0.750. The lowest BCUT2D eigenvalue weighted by Gasteiger charge is -2.15. The Hall–Kier alpha value is -1.62. The van der Waals surface area contributed by atoms with E-state index >= 15 is 0 Å². The first-order chi connectivity index (χ1) is 8.11. The summed E-state index contributed by atoms with van der Waals surface area (Å²) in [7, 11) is 3.45. The number of carbonyl (C=O) groups excluding carboxylic acids is 1. The zero-order valence-corrected chi connectivity index (χ0v) is 10.6. The second kappa shape index (κ2) is 6.85. The largest absolute Gasteiger partial charge is 0.337 e. The maximum atomic E-state index is 11.2. The second-order valence-electron chi connectivity index (χ2n) is 4.08. The SMILES string of the molecule is CC(NCCNC(=O)N(C)C)c1ccncc1. The number of aromatic nitrogens is 1. The van der Waals surface area contributed by atoms with Gasteiger partial charge in [-0.2, -0.15) is 0 Å². The third-order valence-electron chi connectivity index (χ3n) is 2.46. The number of carbonyl (C=O) groups is 1. The molecule has 0 bridgehead atoms. The Balaban J connectivity index is 2.21. The van der Waals surface area contributed by atoms with Gasteiger partial charge in [-0.15, -0.1) is 0 Å². The average molecular weight is 236 g/mol. The highest BCUT2D eigenvalue weighted by molar-refractivity contribution is 5.73. The number of pyridine rings is 1. The van der Waals surface area contributed by atoms with Gasteiger partial charge in [0.1, 0.15) is 0 Å². The first-order valence-corrected chi connectivity index (χ1v) is 5.69. The van der Waals surface area contributed by atoms with Crippen LogP contribution in [0.15, 0.2) is 24.5 Å². The van der Waals surface area contributed by atoms with Gasteiger partial charge in [-0.1, -0.05) is 0 Å². The van der Waals surface area contributed by atoms with E-state index < -0.39 is 0 Å². The van der Waals surface area contributed by atoms with Crippen LogP contribution >= 0.6 is 0 Å². The van der Waals surface area contributed by atoms with Crippen LogP contribution < -0.4 is 10.6 Å². The van der Waals surface area contributed by atoms with E-state index in [1.807, 2.05) is 12.1 Å². The number of hydrogen-bond donors (Lipinski definition) is 2. The lowest BCUT2D eigenvalue weighted by molar-refractivity contribution is 0.217. The van der Waals surface area contributed by atoms with Gasteiger partial charge in [-0.05, 0) is 24.6 Å². The third kappa shape index (κ3) is 4.82. The Kier molecular flexibility index (Phi) is 5.42. The van der Waals surface area contributed by atoms with Crippen LogP contribution in [-0.4, -0.2) is 43.1 Å². The van der Waals surface area contributed by atoms with Crippen molar-refractivity contribution in [2.45, 2.75) is 13.0 Å². The Labute approximate surface area is 102 Å². The summed E-state index contributed by atoms with van der Waals surface area (Å²) in [6.45, 7) is 3.44. The van der Waals surface area contributed by atoms with Crippen LogP contribution in [0.25, 0.3) is 0 Å². The minimum Gasteiger partial charge on any atom is -0.337 e. The normalized spacial score (nSPS) is 11.9. The molecule has 0 radical (unpaired) electrons. The monoisotopic (exact) mass is 236 g/mol. The Morgan fingerprint density at radius 1 is 1.35 bits per heavy atom. The molecule has 2 N–H and O–H groups in total. The molecule has 0 aromatic carbocycles.